The van der Waals surface area contributed by atoms with Gasteiger partial charge in [-0.25, -0.2) is 4.79 Å². The van der Waals surface area contributed by atoms with Crippen molar-refractivity contribution in [2.75, 3.05) is 6.54 Å². The smallest absolute Gasteiger partial charge is 0.311 e. The molecular weight excluding hydrogens is 254 g/mol. The minimum atomic E-state index is -0.249. The van der Waals surface area contributed by atoms with E-state index in [1.165, 1.54) is 20.8 Å². The molecule has 0 saturated carbocycles. The fraction of sp³-hybridized carbons (Fsp3) is 0.333. The second-order valence-electron chi connectivity index (χ2n) is 4.54. The average Bonchev–Trinajstić information content (AvgIpc) is 2.47. The Bertz CT molecular complexity index is 659. The lowest BCUT2D eigenvalue weighted by Crippen LogP contribution is -2.40. The first-order chi connectivity index (χ1) is 9.72. The van der Waals surface area contributed by atoms with Crippen LogP contribution in [-0.2, 0) is 19.6 Å². The summed E-state index contributed by atoms with van der Waals surface area (Å²) in [5.74, 6) is 0. The van der Waals surface area contributed by atoms with Crippen LogP contribution < -0.4 is 16.6 Å². The zero-order chi connectivity index (χ0) is 14.4. The number of aryl methyl sites for hydroxylation is 1. The van der Waals surface area contributed by atoms with Crippen molar-refractivity contribution in [2.24, 2.45) is 0 Å². The van der Waals surface area contributed by atoms with E-state index >= 15 is 0 Å². The normalized spacial score (nSPS) is 10.7. The highest BCUT2D eigenvalue weighted by Crippen LogP contribution is 1.96. The third-order valence-corrected chi connectivity index (χ3v) is 3.16. The zero-order valence-electron chi connectivity index (χ0n) is 11.6. The monoisotopic (exact) mass is 273 g/mol. The molecule has 1 aromatic heterocycles. The number of benzene rings is 1. The molecule has 2 aromatic rings. The summed E-state index contributed by atoms with van der Waals surface area (Å²) in [4.78, 5) is 23.7. The van der Waals surface area contributed by atoms with Crippen LogP contribution in [0.1, 0.15) is 12.5 Å². The third-order valence-electron chi connectivity index (χ3n) is 3.16. The molecule has 2 rings (SSSR count). The predicted octanol–water partition coefficient (Wildman–Crippen LogP) is 0.820. The molecule has 106 valence electrons. The second kappa shape index (κ2) is 6.86. The van der Waals surface area contributed by atoms with E-state index < -0.39 is 0 Å². The molecule has 1 aromatic carbocycles. The van der Waals surface area contributed by atoms with E-state index in [0.717, 1.165) is 6.54 Å². The number of nitrogens with one attached hydrogen (secondary N) is 1. The highest BCUT2D eigenvalue weighted by Gasteiger charge is 2.03. The maximum atomic E-state index is 12.0. The Labute approximate surface area is 117 Å². The lowest BCUT2D eigenvalue weighted by molar-refractivity contribution is 0.531. The number of aromatic nitrogens is 2. The van der Waals surface area contributed by atoms with Gasteiger partial charge < -0.3 is 9.88 Å². The molecular formula is C15H19N3O2. The molecule has 0 aliphatic heterocycles. The van der Waals surface area contributed by atoms with E-state index in [1.807, 2.05) is 37.3 Å². The summed E-state index contributed by atoms with van der Waals surface area (Å²) < 4.78 is 2.79. The van der Waals surface area contributed by atoms with Crippen molar-refractivity contribution in [3.63, 3.8) is 0 Å². The summed E-state index contributed by atoms with van der Waals surface area (Å²) in [6.07, 6.45) is 1.54. The third kappa shape index (κ3) is 3.45. The van der Waals surface area contributed by atoms with Gasteiger partial charge in [-0.15, -0.1) is 0 Å². The van der Waals surface area contributed by atoms with Gasteiger partial charge in [-0.05, 0) is 12.5 Å². The Morgan fingerprint density at radius 2 is 1.85 bits per heavy atom. The minimum Gasteiger partial charge on any atom is -0.311 e. The highest BCUT2D eigenvalue weighted by molar-refractivity contribution is 5.14. The Morgan fingerprint density at radius 1 is 1.10 bits per heavy atom. The Balaban J connectivity index is 1.95. The fourth-order valence-electron chi connectivity index (χ4n) is 2.02. The molecule has 0 aliphatic carbocycles. The summed E-state index contributed by atoms with van der Waals surface area (Å²) in [6, 6.07) is 11.4. The molecule has 0 saturated heterocycles. The summed E-state index contributed by atoms with van der Waals surface area (Å²) in [7, 11) is 0. The quantitative estimate of drug-likeness (QED) is 0.793. The Hall–Kier alpha value is -2.14. The van der Waals surface area contributed by atoms with E-state index in [-0.39, 0.29) is 11.2 Å². The summed E-state index contributed by atoms with van der Waals surface area (Å²) >= 11 is 0. The highest BCUT2D eigenvalue weighted by atomic mass is 16.2. The van der Waals surface area contributed by atoms with E-state index in [2.05, 4.69) is 5.32 Å². The summed E-state index contributed by atoms with van der Waals surface area (Å²) in [6.45, 7) is 4.13. The van der Waals surface area contributed by atoms with Crippen molar-refractivity contribution in [2.45, 2.75) is 26.6 Å². The van der Waals surface area contributed by atoms with E-state index in [4.69, 9.17) is 0 Å². The molecule has 0 unspecified atom stereocenters. The van der Waals surface area contributed by atoms with Crippen molar-refractivity contribution in [3.05, 3.63) is 69.0 Å². The van der Waals surface area contributed by atoms with Gasteiger partial charge in [0.2, 0.25) is 0 Å². The van der Waals surface area contributed by atoms with Gasteiger partial charge in [0.1, 0.15) is 0 Å². The van der Waals surface area contributed by atoms with Crippen molar-refractivity contribution >= 4 is 0 Å². The van der Waals surface area contributed by atoms with Crippen LogP contribution in [0.25, 0.3) is 0 Å². The van der Waals surface area contributed by atoms with Gasteiger partial charge in [0.25, 0.3) is 5.56 Å². The topological polar surface area (TPSA) is 56.0 Å². The van der Waals surface area contributed by atoms with Crippen LogP contribution in [0.3, 0.4) is 0 Å². The van der Waals surface area contributed by atoms with Crippen molar-refractivity contribution in [1.29, 1.82) is 0 Å². The average molecular weight is 273 g/mol. The van der Waals surface area contributed by atoms with Gasteiger partial charge in [0, 0.05) is 38.4 Å². The van der Waals surface area contributed by atoms with Crippen LogP contribution in [0.4, 0.5) is 0 Å². The molecule has 0 amide bonds. The molecule has 1 N–H and O–H groups in total. The largest absolute Gasteiger partial charge is 0.330 e. The van der Waals surface area contributed by atoms with Crippen LogP contribution in [-0.4, -0.2) is 15.7 Å². The van der Waals surface area contributed by atoms with Crippen LogP contribution in [0.2, 0.25) is 0 Å². The molecule has 0 radical (unpaired) electrons. The van der Waals surface area contributed by atoms with E-state index in [0.29, 0.717) is 19.6 Å². The molecule has 0 spiro atoms. The van der Waals surface area contributed by atoms with Gasteiger partial charge in [-0.1, -0.05) is 30.3 Å². The van der Waals surface area contributed by atoms with Crippen LogP contribution in [0.15, 0.2) is 52.2 Å². The Kier molecular flexibility index (Phi) is 4.90. The van der Waals surface area contributed by atoms with Crippen molar-refractivity contribution in [1.82, 2.24) is 14.5 Å². The first-order valence-corrected chi connectivity index (χ1v) is 6.77. The zero-order valence-corrected chi connectivity index (χ0v) is 11.6. The molecule has 5 nitrogen and oxygen atoms in total. The van der Waals surface area contributed by atoms with Crippen LogP contribution >= 0.6 is 0 Å². The number of rotatable bonds is 6. The maximum absolute atomic E-state index is 12.0. The lowest BCUT2D eigenvalue weighted by atomic mass is 10.2. The number of nitrogens with zero attached hydrogens (tertiary/aromatic N) is 2. The molecule has 0 aliphatic rings. The van der Waals surface area contributed by atoms with Crippen LogP contribution in [0.5, 0.6) is 0 Å². The first-order valence-electron chi connectivity index (χ1n) is 6.77. The minimum absolute atomic E-state index is 0.249. The molecule has 0 bridgehead atoms. The molecule has 1 heterocycles. The SMILES string of the molecule is CCn1ccc(=O)n(CCNCc2ccccc2)c1=O. The summed E-state index contributed by atoms with van der Waals surface area (Å²) in [5.41, 5.74) is 0.682. The number of hydrogen-bond donors (Lipinski definition) is 1. The summed E-state index contributed by atoms with van der Waals surface area (Å²) in [5, 5.41) is 3.23. The van der Waals surface area contributed by atoms with Gasteiger partial charge in [-0.3, -0.25) is 9.36 Å². The first kappa shape index (κ1) is 14.3. The maximum Gasteiger partial charge on any atom is 0.330 e. The standard InChI is InChI=1S/C15H19N3O2/c1-2-17-10-8-14(19)18(15(17)20)11-9-16-12-13-6-4-3-5-7-13/h3-8,10,16H,2,9,11-12H2,1H3. The van der Waals surface area contributed by atoms with Crippen molar-refractivity contribution < 1.29 is 0 Å². The van der Waals surface area contributed by atoms with Gasteiger partial charge in [0.15, 0.2) is 0 Å². The van der Waals surface area contributed by atoms with Gasteiger partial charge >= 0.3 is 5.69 Å². The van der Waals surface area contributed by atoms with Crippen LogP contribution in [0, 0.1) is 0 Å². The van der Waals surface area contributed by atoms with Gasteiger partial charge in [-0.2, -0.15) is 0 Å². The molecule has 5 heteroatoms. The molecule has 0 fully saturated rings. The second-order valence-corrected chi connectivity index (χ2v) is 4.54. The fourth-order valence-corrected chi connectivity index (χ4v) is 2.02. The number of hydrogen-bond acceptors (Lipinski definition) is 3. The molecule has 0 atom stereocenters. The van der Waals surface area contributed by atoms with E-state index in [1.54, 1.807) is 6.20 Å². The Morgan fingerprint density at radius 3 is 2.55 bits per heavy atom. The lowest BCUT2D eigenvalue weighted by Gasteiger charge is -2.09. The predicted molar refractivity (Wildman–Crippen MR) is 78.8 cm³/mol. The van der Waals surface area contributed by atoms with Gasteiger partial charge in [0.05, 0.1) is 0 Å². The van der Waals surface area contributed by atoms with E-state index in [9.17, 15) is 9.59 Å². The van der Waals surface area contributed by atoms with Crippen molar-refractivity contribution in [3.8, 4) is 0 Å². The molecule has 20 heavy (non-hydrogen) atoms.